The molecule has 0 saturated carbocycles. The third-order valence-corrected chi connectivity index (χ3v) is 4.86. The van der Waals surface area contributed by atoms with Gasteiger partial charge >= 0.3 is 0 Å². The molecule has 0 heterocycles. The second kappa shape index (κ2) is 7.63. The van der Waals surface area contributed by atoms with E-state index >= 15 is 0 Å². The van der Waals surface area contributed by atoms with Crippen molar-refractivity contribution >= 4 is 5.91 Å². The molecule has 126 valence electrons. The first-order valence-corrected chi connectivity index (χ1v) is 8.73. The molecule has 24 heavy (non-hydrogen) atoms. The van der Waals surface area contributed by atoms with E-state index in [1.54, 1.807) is 0 Å². The number of aryl methyl sites for hydroxylation is 1. The van der Waals surface area contributed by atoms with Crippen molar-refractivity contribution in [3.8, 4) is 0 Å². The lowest BCUT2D eigenvalue weighted by Gasteiger charge is -2.19. The summed E-state index contributed by atoms with van der Waals surface area (Å²) in [6.45, 7) is 1.95. The Kier molecular flexibility index (Phi) is 5.31. The Morgan fingerprint density at radius 3 is 2.67 bits per heavy atom. The van der Waals surface area contributed by atoms with E-state index in [4.69, 9.17) is 0 Å². The van der Waals surface area contributed by atoms with Gasteiger partial charge in [0, 0.05) is 12.5 Å². The van der Waals surface area contributed by atoms with Gasteiger partial charge in [0.05, 0.1) is 6.10 Å². The standard InChI is InChI=1S/C21H25NO2/c1-15(13-20(23)17-8-3-2-4-9-17)22-21(24)14-18-12-11-16-7-5-6-10-19(16)18/h2-10,15,18,20,23H,11-14H2,1H3,(H,22,24). The zero-order valence-corrected chi connectivity index (χ0v) is 14.1. The van der Waals surface area contributed by atoms with Crippen LogP contribution in [0.5, 0.6) is 0 Å². The Bertz CT molecular complexity index is 683. The maximum atomic E-state index is 12.3. The molecule has 0 radical (unpaired) electrons. The maximum absolute atomic E-state index is 12.3. The predicted octanol–water partition coefficient (Wildman–Crippen LogP) is 3.73. The number of amides is 1. The summed E-state index contributed by atoms with van der Waals surface area (Å²) in [4.78, 5) is 12.3. The van der Waals surface area contributed by atoms with E-state index in [2.05, 4.69) is 23.5 Å². The van der Waals surface area contributed by atoms with E-state index in [-0.39, 0.29) is 11.9 Å². The van der Waals surface area contributed by atoms with Gasteiger partial charge in [-0.25, -0.2) is 0 Å². The molecule has 3 atom stereocenters. The largest absolute Gasteiger partial charge is 0.388 e. The van der Waals surface area contributed by atoms with Crippen LogP contribution in [0.2, 0.25) is 0 Å². The second-order valence-corrected chi connectivity index (χ2v) is 6.77. The van der Waals surface area contributed by atoms with Gasteiger partial charge in [-0.3, -0.25) is 4.79 Å². The number of aliphatic hydroxyl groups excluding tert-OH is 1. The fourth-order valence-corrected chi connectivity index (χ4v) is 3.62. The number of rotatable bonds is 6. The Morgan fingerprint density at radius 1 is 1.17 bits per heavy atom. The summed E-state index contributed by atoms with van der Waals surface area (Å²) in [5.74, 6) is 0.400. The molecule has 2 aromatic rings. The molecule has 1 aliphatic rings. The number of carbonyl (C=O) groups excluding carboxylic acids is 1. The highest BCUT2D eigenvalue weighted by Crippen LogP contribution is 2.35. The minimum atomic E-state index is -0.547. The molecule has 2 N–H and O–H groups in total. The fraction of sp³-hybridized carbons (Fsp3) is 0.381. The highest BCUT2D eigenvalue weighted by Gasteiger charge is 2.25. The number of aliphatic hydroxyl groups is 1. The van der Waals surface area contributed by atoms with Crippen molar-refractivity contribution in [3.63, 3.8) is 0 Å². The number of hydrogen-bond acceptors (Lipinski definition) is 2. The van der Waals surface area contributed by atoms with Crippen LogP contribution in [0.4, 0.5) is 0 Å². The highest BCUT2D eigenvalue weighted by atomic mass is 16.3. The number of hydrogen-bond donors (Lipinski definition) is 2. The number of benzene rings is 2. The Balaban J connectivity index is 1.50. The van der Waals surface area contributed by atoms with Gasteiger partial charge in [0.2, 0.25) is 5.91 Å². The van der Waals surface area contributed by atoms with Gasteiger partial charge in [-0.15, -0.1) is 0 Å². The number of carbonyl (C=O) groups is 1. The van der Waals surface area contributed by atoms with Crippen molar-refractivity contribution in [1.29, 1.82) is 0 Å². The third kappa shape index (κ3) is 4.04. The van der Waals surface area contributed by atoms with Crippen molar-refractivity contribution in [2.45, 2.75) is 50.7 Å². The molecule has 3 rings (SSSR count). The van der Waals surface area contributed by atoms with E-state index in [1.807, 2.05) is 43.3 Å². The third-order valence-electron chi connectivity index (χ3n) is 4.86. The molecular weight excluding hydrogens is 298 g/mol. The summed E-state index contributed by atoms with van der Waals surface area (Å²) in [6, 6.07) is 17.9. The summed E-state index contributed by atoms with van der Waals surface area (Å²) in [5, 5.41) is 13.3. The van der Waals surface area contributed by atoms with Crippen molar-refractivity contribution in [2.75, 3.05) is 0 Å². The number of nitrogens with one attached hydrogen (secondary N) is 1. The molecular formula is C21H25NO2. The lowest BCUT2D eigenvalue weighted by Crippen LogP contribution is -2.34. The van der Waals surface area contributed by atoms with Crippen LogP contribution >= 0.6 is 0 Å². The van der Waals surface area contributed by atoms with Crippen molar-refractivity contribution in [2.24, 2.45) is 0 Å². The zero-order valence-electron chi connectivity index (χ0n) is 14.1. The van der Waals surface area contributed by atoms with Gasteiger partial charge in [0.1, 0.15) is 0 Å². The molecule has 3 nitrogen and oxygen atoms in total. The zero-order chi connectivity index (χ0) is 16.9. The lowest BCUT2D eigenvalue weighted by atomic mass is 9.97. The molecule has 0 spiro atoms. The van der Waals surface area contributed by atoms with Crippen molar-refractivity contribution in [1.82, 2.24) is 5.32 Å². The van der Waals surface area contributed by atoms with E-state index in [9.17, 15) is 9.90 Å². The van der Waals surface area contributed by atoms with Gasteiger partial charge in [-0.1, -0.05) is 54.6 Å². The van der Waals surface area contributed by atoms with Crippen molar-refractivity contribution in [3.05, 3.63) is 71.3 Å². The molecule has 1 aliphatic carbocycles. The Hall–Kier alpha value is -2.13. The van der Waals surface area contributed by atoms with Gasteiger partial charge in [-0.2, -0.15) is 0 Å². The molecule has 1 amide bonds. The molecule has 0 aliphatic heterocycles. The van der Waals surface area contributed by atoms with E-state index in [1.165, 1.54) is 11.1 Å². The lowest BCUT2D eigenvalue weighted by molar-refractivity contribution is -0.122. The van der Waals surface area contributed by atoms with E-state index in [0.717, 1.165) is 18.4 Å². The SMILES string of the molecule is CC(CC(O)c1ccccc1)NC(=O)CC1CCc2ccccc21. The average Bonchev–Trinajstić information content (AvgIpc) is 2.98. The quantitative estimate of drug-likeness (QED) is 0.851. The Morgan fingerprint density at radius 2 is 1.88 bits per heavy atom. The maximum Gasteiger partial charge on any atom is 0.220 e. The van der Waals surface area contributed by atoms with Crippen LogP contribution < -0.4 is 5.32 Å². The van der Waals surface area contributed by atoms with Crippen LogP contribution in [0.1, 0.15) is 54.9 Å². The molecule has 3 unspecified atom stereocenters. The summed E-state index contributed by atoms with van der Waals surface area (Å²) >= 11 is 0. The van der Waals surface area contributed by atoms with Crippen LogP contribution in [0.15, 0.2) is 54.6 Å². The smallest absolute Gasteiger partial charge is 0.220 e. The molecule has 2 aromatic carbocycles. The first-order chi connectivity index (χ1) is 11.6. The fourth-order valence-electron chi connectivity index (χ4n) is 3.62. The predicted molar refractivity (Wildman–Crippen MR) is 95.7 cm³/mol. The normalized spacial score (nSPS) is 18.7. The first kappa shape index (κ1) is 16.7. The average molecular weight is 323 g/mol. The molecule has 0 fully saturated rings. The van der Waals surface area contributed by atoms with Gasteiger partial charge in [0.15, 0.2) is 0 Å². The number of fused-ring (bicyclic) bond motifs is 1. The summed E-state index contributed by atoms with van der Waals surface area (Å²) in [7, 11) is 0. The minimum absolute atomic E-state index is 0.0515. The van der Waals surface area contributed by atoms with Gasteiger partial charge < -0.3 is 10.4 Å². The van der Waals surface area contributed by atoms with Crippen LogP contribution in [0.25, 0.3) is 0 Å². The summed E-state index contributed by atoms with van der Waals surface area (Å²) in [5.41, 5.74) is 3.59. The Labute approximate surface area is 143 Å². The monoisotopic (exact) mass is 323 g/mol. The molecule has 3 heteroatoms. The van der Waals surface area contributed by atoms with Crippen LogP contribution in [0.3, 0.4) is 0 Å². The topological polar surface area (TPSA) is 49.3 Å². The van der Waals surface area contributed by atoms with Crippen LogP contribution in [-0.4, -0.2) is 17.1 Å². The summed E-state index contributed by atoms with van der Waals surface area (Å²) < 4.78 is 0. The highest BCUT2D eigenvalue weighted by molar-refractivity contribution is 5.77. The minimum Gasteiger partial charge on any atom is -0.388 e. The molecule has 0 aromatic heterocycles. The first-order valence-electron chi connectivity index (χ1n) is 8.73. The van der Waals surface area contributed by atoms with Crippen molar-refractivity contribution < 1.29 is 9.90 Å². The van der Waals surface area contributed by atoms with Gasteiger partial charge in [-0.05, 0) is 48.8 Å². The van der Waals surface area contributed by atoms with Crippen LogP contribution in [-0.2, 0) is 11.2 Å². The van der Waals surface area contributed by atoms with Crippen LogP contribution in [0, 0.1) is 0 Å². The van der Waals surface area contributed by atoms with Gasteiger partial charge in [0.25, 0.3) is 0 Å². The second-order valence-electron chi connectivity index (χ2n) is 6.77. The summed E-state index contributed by atoms with van der Waals surface area (Å²) in [6.07, 6.45) is 2.62. The van der Waals surface area contributed by atoms with E-state index in [0.29, 0.717) is 18.8 Å². The van der Waals surface area contributed by atoms with E-state index < -0.39 is 6.10 Å². The molecule has 0 saturated heterocycles. The molecule has 0 bridgehead atoms.